The van der Waals surface area contributed by atoms with Gasteiger partial charge >= 0.3 is 0 Å². The average Bonchev–Trinajstić information content (AvgIpc) is 2.81. The predicted octanol–water partition coefficient (Wildman–Crippen LogP) is 3.09. The highest BCUT2D eigenvalue weighted by Crippen LogP contribution is 2.39. The normalized spacial score (nSPS) is 12.6. The quantitative estimate of drug-likeness (QED) is 0.772. The molecule has 0 aliphatic carbocycles. The van der Waals surface area contributed by atoms with Crippen LogP contribution in [0.2, 0.25) is 10.2 Å². The standard InChI is InChI=1S/C16H15Cl2N3O3/c1-8(22)12-14(24-3)13(16(23)20(2)19-12)21-10-7-5-4-6-9(10)11(17)15(21)18/h4-8,22H,1-3H3. The summed E-state index contributed by atoms with van der Waals surface area (Å²) >= 11 is 12.7. The van der Waals surface area contributed by atoms with Gasteiger partial charge in [0.05, 0.1) is 23.8 Å². The summed E-state index contributed by atoms with van der Waals surface area (Å²) < 4.78 is 8.04. The highest BCUT2D eigenvalue weighted by atomic mass is 35.5. The van der Waals surface area contributed by atoms with Crippen molar-refractivity contribution in [3.05, 3.63) is 50.5 Å². The Morgan fingerprint density at radius 3 is 2.58 bits per heavy atom. The van der Waals surface area contributed by atoms with Gasteiger partial charge in [-0.25, -0.2) is 4.68 Å². The lowest BCUT2D eigenvalue weighted by Gasteiger charge is -2.17. The van der Waals surface area contributed by atoms with Crippen molar-refractivity contribution in [2.45, 2.75) is 13.0 Å². The molecule has 126 valence electrons. The summed E-state index contributed by atoms with van der Waals surface area (Å²) in [4.78, 5) is 12.7. The average molecular weight is 368 g/mol. The number of methoxy groups -OCH3 is 1. The SMILES string of the molecule is COc1c(C(C)O)nn(C)c(=O)c1-n1c(Cl)c(Cl)c2ccccc21. The first-order valence-corrected chi connectivity index (χ1v) is 7.92. The highest BCUT2D eigenvalue weighted by Gasteiger charge is 2.25. The van der Waals surface area contributed by atoms with E-state index in [4.69, 9.17) is 27.9 Å². The maximum Gasteiger partial charge on any atom is 0.294 e. The maximum absolute atomic E-state index is 12.7. The van der Waals surface area contributed by atoms with Crippen molar-refractivity contribution in [1.82, 2.24) is 14.3 Å². The third-order valence-corrected chi connectivity index (χ3v) is 4.62. The lowest BCUT2D eigenvalue weighted by molar-refractivity contribution is 0.185. The molecule has 6 nitrogen and oxygen atoms in total. The smallest absolute Gasteiger partial charge is 0.294 e. The van der Waals surface area contributed by atoms with E-state index >= 15 is 0 Å². The molecule has 1 unspecified atom stereocenters. The van der Waals surface area contributed by atoms with E-state index in [1.165, 1.54) is 18.7 Å². The van der Waals surface area contributed by atoms with E-state index in [-0.39, 0.29) is 22.3 Å². The van der Waals surface area contributed by atoms with Crippen LogP contribution in [0.4, 0.5) is 0 Å². The van der Waals surface area contributed by atoms with Gasteiger partial charge in [0.2, 0.25) is 0 Å². The third-order valence-electron chi connectivity index (χ3n) is 3.78. The molecule has 0 saturated heterocycles. The summed E-state index contributed by atoms with van der Waals surface area (Å²) in [6.45, 7) is 1.54. The molecule has 0 radical (unpaired) electrons. The van der Waals surface area contributed by atoms with Gasteiger partial charge < -0.3 is 9.84 Å². The van der Waals surface area contributed by atoms with Gasteiger partial charge in [0, 0.05) is 12.4 Å². The molecule has 24 heavy (non-hydrogen) atoms. The van der Waals surface area contributed by atoms with Crippen LogP contribution in [-0.4, -0.2) is 26.6 Å². The first kappa shape index (κ1) is 16.8. The Balaban J connectivity index is 2.52. The number of aryl methyl sites for hydroxylation is 1. The molecule has 0 saturated carbocycles. The zero-order chi connectivity index (χ0) is 17.6. The lowest BCUT2D eigenvalue weighted by atomic mass is 10.2. The number of aliphatic hydroxyl groups excluding tert-OH is 1. The van der Waals surface area contributed by atoms with Gasteiger partial charge in [-0.1, -0.05) is 41.4 Å². The van der Waals surface area contributed by atoms with Crippen LogP contribution >= 0.6 is 23.2 Å². The van der Waals surface area contributed by atoms with E-state index in [0.29, 0.717) is 15.9 Å². The summed E-state index contributed by atoms with van der Waals surface area (Å²) in [5.74, 6) is 0.160. The molecule has 3 aromatic rings. The van der Waals surface area contributed by atoms with Crippen molar-refractivity contribution in [2.75, 3.05) is 7.11 Å². The molecule has 8 heteroatoms. The summed E-state index contributed by atoms with van der Waals surface area (Å²) in [5, 5.41) is 15.3. The Morgan fingerprint density at radius 2 is 1.96 bits per heavy atom. The lowest BCUT2D eigenvalue weighted by Crippen LogP contribution is -2.27. The first-order chi connectivity index (χ1) is 11.4. The van der Waals surface area contributed by atoms with Crippen molar-refractivity contribution >= 4 is 34.1 Å². The number of para-hydroxylation sites is 1. The molecule has 1 N–H and O–H groups in total. The number of aliphatic hydroxyl groups is 1. The molecule has 3 rings (SSSR count). The van der Waals surface area contributed by atoms with Crippen molar-refractivity contribution in [1.29, 1.82) is 0 Å². The van der Waals surface area contributed by atoms with Gasteiger partial charge in [0.1, 0.15) is 10.8 Å². The molecule has 0 spiro atoms. The van der Waals surface area contributed by atoms with Crippen LogP contribution in [0.15, 0.2) is 29.1 Å². The number of nitrogens with zero attached hydrogens (tertiary/aromatic N) is 3. The Kier molecular flexibility index (Phi) is 4.29. The van der Waals surface area contributed by atoms with Crippen LogP contribution < -0.4 is 10.3 Å². The molecular formula is C16H15Cl2N3O3. The minimum absolute atomic E-state index is 0.152. The topological polar surface area (TPSA) is 69.3 Å². The fourth-order valence-electron chi connectivity index (χ4n) is 2.68. The van der Waals surface area contributed by atoms with Crippen LogP contribution in [0.1, 0.15) is 18.7 Å². The van der Waals surface area contributed by atoms with Crippen LogP contribution in [0.25, 0.3) is 16.6 Å². The second-order valence-electron chi connectivity index (χ2n) is 5.33. The Bertz CT molecular complexity index is 992. The number of halogens is 2. The number of aromatic nitrogens is 3. The fraction of sp³-hybridized carbons (Fsp3) is 0.250. The maximum atomic E-state index is 12.7. The van der Waals surface area contributed by atoms with Crippen molar-refractivity contribution in [2.24, 2.45) is 7.05 Å². The van der Waals surface area contributed by atoms with E-state index in [0.717, 1.165) is 4.68 Å². The summed E-state index contributed by atoms with van der Waals surface area (Å²) in [6.07, 6.45) is -0.929. The molecule has 0 amide bonds. The van der Waals surface area contributed by atoms with Crippen molar-refractivity contribution < 1.29 is 9.84 Å². The molecular weight excluding hydrogens is 353 g/mol. The van der Waals surface area contributed by atoms with E-state index in [1.807, 2.05) is 18.2 Å². The number of benzene rings is 1. The Morgan fingerprint density at radius 1 is 1.29 bits per heavy atom. The summed E-state index contributed by atoms with van der Waals surface area (Å²) in [5.41, 5.74) is 0.625. The zero-order valence-corrected chi connectivity index (χ0v) is 14.8. The third kappa shape index (κ3) is 2.38. The Hall–Kier alpha value is -2.02. The largest absolute Gasteiger partial charge is 0.492 e. The predicted molar refractivity (Wildman–Crippen MR) is 93.5 cm³/mol. The molecule has 0 aliphatic heterocycles. The van der Waals surface area contributed by atoms with Gasteiger partial charge in [-0.05, 0) is 13.0 Å². The Labute approximate surface area is 147 Å². The van der Waals surface area contributed by atoms with E-state index in [1.54, 1.807) is 13.0 Å². The number of rotatable bonds is 3. The van der Waals surface area contributed by atoms with Crippen LogP contribution in [0.5, 0.6) is 5.75 Å². The molecule has 0 aliphatic rings. The second-order valence-corrected chi connectivity index (χ2v) is 6.07. The number of hydrogen-bond donors (Lipinski definition) is 1. The zero-order valence-electron chi connectivity index (χ0n) is 13.2. The molecule has 0 bridgehead atoms. The number of hydrogen-bond acceptors (Lipinski definition) is 4. The van der Waals surface area contributed by atoms with E-state index in [2.05, 4.69) is 5.10 Å². The van der Waals surface area contributed by atoms with E-state index < -0.39 is 11.7 Å². The monoisotopic (exact) mass is 367 g/mol. The van der Waals surface area contributed by atoms with Crippen LogP contribution in [0.3, 0.4) is 0 Å². The molecule has 0 fully saturated rings. The van der Waals surface area contributed by atoms with E-state index in [9.17, 15) is 9.90 Å². The van der Waals surface area contributed by atoms with Gasteiger partial charge in [-0.15, -0.1) is 0 Å². The van der Waals surface area contributed by atoms with Crippen molar-refractivity contribution in [3.63, 3.8) is 0 Å². The minimum Gasteiger partial charge on any atom is -0.492 e. The second kappa shape index (κ2) is 6.12. The van der Waals surface area contributed by atoms with Crippen LogP contribution in [0, 0.1) is 0 Å². The molecule has 1 atom stereocenters. The van der Waals surface area contributed by atoms with Gasteiger partial charge in [-0.2, -0.15) is 5.10 Å². The number of fused-ring (bicyclic) bond motifs is 1. The molecule has 2 heterocycles. The summed E-state index contributed by atoms with van der Waals surface area (Å²) in [6, 6.07) is 7.26. The summed E-state index contributed by atoms with van der Waals surface area (Å²) in [7, 11) is 2.91. The van der Waals surface area contributed by atoms with Crippen LogP contribution in [-0.2, 0) is 7.05 Å². The molecule has 2 aromatic heterocycles. The number of ether oxygens (including phenoxy) is 1. The fourth-order valence-corrected chi connectivity index (χ4v) is 3.21. The minimum atomic E-state index is -0.929. The van der Waals surface area contributed by atoms with Gasteiger partial charge in [0.25, 0.3) is 5.56 Å². The van der Waals surface area contributed by atoms with Crippen molar-refractivity contribution in [3.8, 4) is 11.4 Å². The highest BCUT2D eigenvalue weighted by molar-refractivity contribution is 6.45. The molecule has 1 aromatic carbocycles. The van der Waals surface area contributed by atoms with Gasteiger partial charge in [-0.3, -0.25) is 9.36 Å². The first-order valence-electron chi connectivity index (χ1n) is 7.16. The van der Waals surface area contributed by atoms with Gasteiger partial charge in [0.15, 0.2) is 11.4 Å².